The maximum absolute atomic E-state index is 6.27. The Labute approximate surface area is 194 Å². The van der Waals surface area contributed by atoms with E-state index in [2.05, 4.69) is 38.8 Å². The fourth-order valence-corrected chi connectivity index (χ4v) is 4.48. The lowest BCUT2D eigenvalue weighted by Gasteiger charge is -2.21. The minimum atomic E-state index is -0.0421. The molecule has 0 aliphatic carbocycles. The van der Waals surface area contributed by atoms with Gasteiger partial charge in [-0.3, -0.25) is 0 Å². The minimum Gasteiger partial charge on any atom is -0.346 e. The molecule has 0 amide bonds. The molecule has 0 saturated heterocycles. The Hall–Kier alpha value is -2.92. The molecule has 3 nitrogen and oxygen atoms in total. The molecule has 0 aliphatic heterocycles. The Bertz CT molecular complexity index is 1420. The second kappa shape index (κ2) is 8.31. The van der Waals surface area contributed by atoms with Crippen LogP contribution in [0, 0.1) is 4.64 Å². The van der Waals surface area contributed by atoms with E-state index in [0.29, 0.717) is 14.7 Å². The Morgan fingerprint density at radius 1 is 0.871 bits per heavy atom. The number of aromatic nitrogens is 3. The Morgan fingerprint density at radius 2 is 1.68 bits per heavy atom. The predicted octanol–water partition coefficient (Wildman–Crippen LogP) is 7.71. The minimum absolute atomic E-state index is 0.0421. The standard InChI is InChI=1S/C25H17Cl2N3S/c26-19-7-4-16(5-8-19)25(30-11-10-28-15-30)18-6-9-23-22(13-18)21(14-24(31)29-23)17-2-1-3-20(27)12-17/h1-15,25H,(H,29,31). The Morgan fingerprint density at radius 3 is 2.42 bits per heavy atom. The van der Waals surface area contributed by atoms with Crippen molar-refractivity contribution in [2.45, 2.75) is 6.04 Å². The van der Waals surface area contributed by atoms with E-state index in [0.717, 1.165) is 33.2 Å². The number of nitrogens with zero attached hydrogens (tertiary/aromatic N) is 2. The molecule has 0 saturated carbocycles. The highest BCUT2D eigenvalue weighted by Gasteiger charge is 2.17. The van der Waals surface area contributed by atoms with E-state index in [-0.39, 0.29) is 6.04 Å². The van der Waals surface area contributed by atoms with Gasteiger partial charge in [0.25, 0.3) is 0 Å². The van der Waals surface area contributed by atoms with Crippen molar-refractivity contribution >= 4 is 46.3 Å². The molecule has 5 rings (SSSR count). The summed E-state index contributed by atoms with van der Waals surface area (Å²) in [4.78, 5) is 7.57. The van der Waals surface area contributed by atoms with Crippen LogP contribution in [-0.4, -0.2) is 14.5 Å². The van der Waals surface area contributed by atoms with E-state index in [1.807, 2.05) is 61.1 Å². The van der Waals surface area contributed by atoms with Gasteiger partial charge in [0, 0.05) is 33.3 Å². The third-order valence-electron chi connectivity index (χ3n) is 5.33. The molecule has 1 atom stereocenters. The van der Waals surface area contributed by atoms with Crippen molar-refractivity contribution in [1.29, 1.82) is 0 Å². The second-order valence-corrected chi connectivity index (χ2v) is 8.64. The molecule has 0 spiro atoms. The normalized spacial score (nSPS) is 12.2. The van der Waals surface area contributed by atoms with Crippen molar-refractivity contribution in [3.8, 4) is 11.1 Å². The smallest absolute Gasteiger partial charge is 0.104 e. The number of hydrogen-bond acceptors (Lipinski definition) is 2. The van der Waals surface area contributed by atoms with Gasteiger partial charge in [0.05, 0.1) is 12.4 Å². The van der Waals surface area contributed by atoms with Gasteiger partial charge in [-0.25, -0.2) is 4.98 Å². The van der Waals surface area contributed by atoms with Gasteiger partial charge in [-0.2, -0.15) is 0 Å². The van der Waals surface area contributed by atoms with Gasteiger partial charge in [-0.05, 0) is 64.7 Å². The molecular formula is C25H17Cl2N3S. The molecule has 6 heteroatoms. The molecule has 1 N–H and O–H groups in total. The van der Waals surface area contributed by atoms with Crippen molar-refractivity contribution in [3.63, 3.8) is 0 Å². The molecule has 152 valence electrons. The fraction of sp³-hybridized carbons (Fsp3) is 0.0400. The molecule has 3 aromatic carbocycles. The molecule has 1 unspecified atom stereocenters. The highest BCUT2D eigenvalue weighted by molar-refractivity contribution is 7.71. The van der Waals surface area contributed by atoms with Crippen molar-refractivity contribution < 1.29 is 0 Å². The van der Waals surface area contributed by atoms with E-state index in [1.54, 1.807) is 6.20 Å². The van der Waals surface area contributed by atoms with Crippen LogP contribution in [0.5, 0.6) is 0 Å². The molecule has 0 radical (unpaired) electrons. The summed E-state index contributed by atoms with van der Waals surface area (Å²) < 4.78 is 2.77. The molecule has 2 aromatic heterocycles. The average molecular weight is 462 g/mol. The van der Waals surface area contributed by atoms with Crippen LogP contribution < -0.4 is 0 Å². The molecule has 31 heavy (non-hydrogen) atoms. The predicted molar refractivity (Wildman–Crippen MR) is 130 cm³/mol. The van der Waals surface area contributed by atoms with Crippen molar-refractivity contribution in [1.82, 2.24) is 14.5 Å². The van der Waals surface area contributed by atoms with Gasteiger partial charge in [0.15, 0.2) is 0 Å². The third-order valence-corrected chi connectivity index (χ3v) is 6.03. The quantitative estimate of drug-likeness (QED) is 0.278. The summed E-state index contributed by atoms with van der Waals surface area (Å²) in [6.07, 6.45) is 5.60. The third kappa shape index (κ3) is 4.02. The summed E-state index contributed by atoms with van der Waals surface area (Å²) >= 11 is 17.9. The molecular weight excluding hydrogens is 445 g/mol. The number of aromatic amines is 1. The van der Waals surface area contributed by atoms with Crippen molar-refractivity contribution in [3.05, 3.63) is 117 Å². The summed E-state index contributed by atoms with van der Waals surface area (Å²) in [5, 5.41) is 2.48. The van der Waals surface area contributed by atoms with Gasteiger partial charge >= 0.3 is 0 Å². The van der Waals surface area contributed by atoms with Gasteiger partial charge in [0.2, 0.25) is 0 Å². The number of benzene rings is 3. The highest BCUT2D eigenvalue weighted by Crippen LogP contribution is 2.34. The van der Waals surface area contributed by atoms with Crippen molar-refractivity contribution in [2.75, 3.05) is 0 Å². The summed E-state index contributed by atoms with van der Waals surface area (Å²) in [5.41, 5.74) is 5.30. The second-order valence-electron chi connectivity index (χ2n) is 7.33. The maximum Gasteiger partial charge on any atom is 0.104 e. The summed E-state index contributed by atoms with van der Waals surface area (Å²) in [6.45, 7) is 0. The number of hydrogen-bond donors (Lipinski definition) is 1. The highest BCUT2D eigenvalue weighted by atomic mass is 35.5. The van der Waals surface area contributed by atoms with E-state index in [4.69, 9.17) is 35.4 Å². The number of halogens is 2. The van der Waals surface area contributed by atoms with Crippen LogP contribution in [0.1, 0.15) is 17.2 Å². The number of imidazole rings is 1. The van der Waals surface area contributed by atoms with Crippen LogP contribution in [-0.2, 0) is 0 Å². The zero-order chi connectivity index (χ0) is 21.4. The Balaban J connectivity index is 1.74. The maximum atomic E-state index is 6.27. The lowest BCUT2D eigenvalue weighted by atomic mass is 9.94. The first-order chi connectivity index (χ1) is 15.1. The van der Waals surface area contributed by atoms with E-state index in [1.165, 1.54) is 0 Å². The topological polar surface area (TPSA) is 33.6 Å². The molecule has 0 bridgehead atoms. The van der Waals surface area contributed by atoms with Crippen LogP contribution in [0.15, 0.2) is 91.5 Å². The van der Waals surface area contributed by atoms with Gasteiger partial charge in [-0.15, -0.1) is 0 Å². The van der Waals surface area contributed by atoms with E-state index < -0.39 is 0 Å². The van der Waals surface area contributed by atoms with Crippen LogP contribution in [0.2, 0.25) is 10.0 Å². The Kier molecular flexibility index (Phi) is 5.36. The number of fused-ring (bicyclic) bond motifs is 1. The number of rotatable bonds is 4. The van der Waals surface area contributed by atoms with Crippen LogP contribution in [0.4, 0.5) is 0 Å². The first kappa shape index (κ1) is 20.0. The average Bonchev–Trinajstić information content (AvgIpc) is 3.29. The monoisotopic (exact) mass is 461 g/mol. The van der Waals surface area contributed by atoms with E-state index >= 15 is 0 Å². The number of H-pyrrole nitrogens is 1. The zero-order valence-corrected chi connectivity index (χ0v) is 18.6. The zero-order valence-electron chi connectivity index (χ0n) is 16.3. The van der Waals surface area contributed by atoms with Crippen LogP contribution in [0.3, 0.4) is 0 Å². The molecule has 0 aliphatic rings. The van der Waals surface area contributed by atoms with E-state index in [9.17, 15) is 0 Å². The molecule has 0 fully saturated rings. The van der Waals surface area contributed by atoms with Gasteiger partial charge in [0.1, 0.15) is 4.64 Å². The number of nitrogens with one attached hydrogen (secondary N) is 1. The fourth-order valence-electron chi connectivity index (χ4n) is 3.94. The lowest BCUT2D eigenvalue weighted by Crippen LogP contribution is -2.10. The van der Waals surface area contributed by atoms with Gasteiger partial charge < -0.3 is 9.55 Å². The summed E-state index contributed by atoms with van der Waals surface area (Å²) in [5.74, 6) is 0. The van der Waals surface area contributed by atoms with Crippen LogP contribution >= 0.6 is 35.4 Å². The first-order valence-electron chi connectivity index (χ1n) is 9.74. The SMILES string of the molecule is S=c1cc(-c2cccc(Cl)c2)c2cc(C(c3ccc(Cl)cc3)n3ccnc3)ccc2[nH]1. The summed E-state index contributed by atoms with van der Waals surface area (Å²) in [7, 11) is 0. The molecule has 5 aromatic rings. The largest absolute Gasteiger partial charge is 0.346 e. The number of pyridine rings is 1. The first-order valence-corrected chi connectivity index (χ1v) is 10.9. The van der Waals surface area contributed by atoms with Gasteiger partial charge in [-0.1, -0.05) is 65.8 Å². The van der Waals surface area contributed by atoms with Crippen LogP contribution in [0.25, 0.3) is 22.0 Å². The lowest BCUT2D eigenvalue weighted by molar-refractivity contribution is 0.677. The van der Waals surface area contributed by atoms with Crippen molar-refractivity contribution in [2.24, 2.45) is 0 Å². The molecule has 2 heterocycles. The summed E-state index contributed by atoms with van der Waals surface area (Å²) in [6, 6.07) is 24.1.